The van der Waals surface area contributed by atoms with Gasteiger partial charge in [0.2, 0.25) is 12.5 Å². The Morgan fingerprint density at radius 1 is 1.32 bits per heavy atom. The van der Waals surface area contributed by atoms with Crippen molar-refractivity contribution in [1.82, 2.24) is 15.1 Å². The molecule has 1 unspecified atom stereocenters. The van der Waals surface area contributed by atoms with Crippen molar-refractivity contribution in [1.29, 1.82) is 0 Å². The zero-order valence-electron chi connectivity index (χ0n) is 14.5. The van der Waals surface area contributed by atoms with Gasteiger partial charge in [0.1, 0.15) is 0 Å². The van der Waals surface area contributed by atoms with Gasteiger partial charge in [-0.1, -0.05) is 0 Å². The molecule has 0 amide bonds. The summed E-state index contributed by atoms with van der Waals surface area (Å²) in [7, 11) is 1.68. The number of benzene rings is 1. The molecule has 132 valence electrons. The summed E-state index contributed by atoms with van der Waals surface area (Å²) in [6.07, 6.45) is 6.87. The minimum atomic E-state index is 0.254. The number of nitrogens with one attached hydrogen (secondary N) is 1. The van der Waals surface area contributed by atoms with Gasteiger partial charge >= 0.3 is 0 Å². The zero-order valence-corrected chi connectivity index (χ0v) is 14.5. The van der Waals surface area contributed by atoms with Gasteiger partial charge in [-0.3, -0.25) is 10.00 Å². The lowest BCUT2D eigenvalue weighted by molar-refractivity contribution is 0.136. The van der Waals surface area contributed by atoms with E-state index >= 15 is 0 Å². The summed E-state index contributed by atoms with van der Waals surface area (Å²) in [4.78, 5) is 2.55. The maximum absolute atomic E-state index is 5.57. The second kappa shape index (κ2) is 5.66. The van der Waals surface area contributed by atoms with Gasteiger partial charge < -0.3 is 14.2 Å². The number of piperidine rings is 1. The van der Waals surface area contributed by atoms with Crippen LogP contribution in [0.5, 0.6) is 17.2 Å². The van der Waals surface area contributed by atoms with Gasteiger partial charge in [-0.15, -0.1) is 0 Å². The van der Waals surface area contributed by atoms with Crippen molar-refractivity contribution in [2.75, 3.05) is 27.0 Å². The molecule has 5 rings (SSSR count). The Morgan fingerprint density at radius 2 is 2.28 bits per heavy atom. The Morgan fingerprint density at radius 3 is 3.20 bits per heavy atom. The second-order valence-electron chi connectivity index (χ2n) is 7.40. The molecule has 0 bridgehead atoms. The van der Waals surface area contributed by atoms with Crippen LogP contribution in [0.25, 0.3) is 0 Å². The number of likely N-dealkylation sites (tertiary alicyclic amines) is 1. The fourth-order valence-electron chi connectivity index (χ4n) is 4.76. The molecular formula is C19H23N3O3. The number of rotatable bonds is 3. The van der Waals surface area contributed by atoms with E-state index in [9.17, 15) is 0 Å². The highest BCUT2D eigenvalue weighted by Crippen LogP contribution is 2.45. The van der Waals surface area contributed by atoms with Crippen LogP contribution < -0.4 is 14.2 Å². The molecular weight excluding hydrogens is 318 g/mol. The van der Waals surface area contributed by atoms with E-state index < -0.39 is 0 Å². The third kappa shape index (κ3) is 2.39. The lowest BCUT2D eigenvalue weighted by Crippen LogP contribution is -2.44. The van der Waals surface area contributed by atoms with Crippen molar-refractivity contribution in [3.8, 4) is 17.2 Å². The molecule has 25 heavy (non-hydrogen) atoms. The van der Waals surface area contributed by atoms with Gasteiger partial charge in [0, 0.05) is 24.2 Å². The number of hydrogen-bond acceptors (Lipinski definition) is 5. The molecule has 0 radical (unpaired) electrons. The molecule has 1 aromatic heterocycles. The predicted octanol–water partition coefficient (Wildman–Crippen LogP) is 2.63. The first-order valence-corrected chi connectivity index (χ1v) is 8.99. The number of aromatic amines is 1. The first-order chi connectivity index (χ1) is 12.3. The molecule has 6 nitrogen and oxygen atoms in total. The smallest absolute Gasteiger partial charge is 0.231 e. The van der Waals surface area contributed by atoms with Crippen molar-refractivity contribution in [2.24, 2.45) is 0 Å². The molecule has 1 atom stereocenters. The molecule has 1 fully saturated rings. The molecule has 3 heterocycles. The van der Waals surface area contributed by atoms with Crippen molar-refractivity contribution in [3.63, 3.8) is 0 Å². The molecule has 1 N–H and O–H groups in total. The summed E-state index contributed by atoms with van der Waals surface area (Å²) >= 11 is 0. The van der Waals surface area contributed by atoms with E-state index in [4.69, 9.17) is 14.2 Å². The van der Waals surface area contributed by atoms with Crippen LogP contribution >= 0.6 is 0 Å². The lowest BCUT2D eigenvalue weighted by Gasteiger charge is -2.40. The molecule has 3 aliphatic rings. The average Bonchev–Trinajstić information content (AvgIpc) is 3.33. The fourth-order valence-corrected chi connectivity index (χ4v) is 4.76. The first-order valence-electron chi connectivity index (χ1n) is 8.99. The SMILES string of the molecule is COc1cc(CN2CCCC3(CCc4cn[nH]c43)C2)cc2c1OCO2. The summed E-state index contributed by atoms with van der Waals surface area (Å²) in [6, 6.07) is 4.16. The number of fused-ring (bicyclic) bond motifs is 3. The predicted molar refractivity (Wildman–Crippen MR) is 92.2 cm³/mol. The average molecular weight is 341 g/mol. The zero-order chi connectivity index (χ0) is 16.9. The van der Waals surface area contributed by atoms with Gasteiger partial charge in [0.15, 0.2) is 11.5 Å². The molecule has 1 spiro atoms. The summed E-state index contributed by atoms with van der Waals surface area (Å²) < 4.78 is 16.5. The molecule has 0 saturated carbocycles. The molecule has 1 saturated heterocycles. The minimum Gasteiger partial charge on any atom is -0.493 e. The number of hydrogen-bond donors (Lipinski definition) is 1. The Bertz CT molecular complexity index is 803. The third-order valence-electron chi connectivity index (χ3n) is 5.90. The van der Waals surface area contributed by atoms with E-state index in [0.29, 0.717) is 0 Å². The van der Waals surface area contributed by atoms with E-state index in [1.807, 2.05) is 6.20 Å². The van der Waals surface area contributed by atoms with Crippen LogP contribution in [0.3, 0.4) is 0 Å². The van der Waals surface area contributed by atoms with E-state index in [0.717, 1.165) is 43.3 Å². The van der Waals surface area contributed by atoms with E-state index in [1.165, 1.54) is 36.1 Å². The van der Waals surface area contributed by atoms with Gasteiger partial charge in [-0.2, -0.15) is 5.10 Å². The minimum absolute atomic E-state index is 0.254. The maximum Gasteiger partial charge on any atom is 0.231 e. The number of nitrogens with zero attached hydrogens (tertiary/aromatic N) is 2. The van der Waals surface area contributed by atoms with Crippen LogP contribution in [0.1, 0.15) is 36.1 Å². The first kappa shape index (κ1) is 15.1. The largest absolute Gasteiger partial charge is 0.493 e. The van der Waals surface area contributed by atoms with Crippen molar-refractivity contribution in [3.05, 3.63) is 35.2 Å². The topological polar surface area (TPSA) is 59.6 Å². The Balaban J connectivity index is 1.39. The normalized spacial score (nSPS) is 24.7. The van der Waals surface area contributed by atoms with Crippen LogP contribution in [-0.2, 0) is 18.4 Å². The van der Waals surface area contributed by atoms with Crippen LogP contribution in [0.2, 0.25) is 0 Å². The van der Waals surface area contributed by atoms with Gasteiger partial charge in [0.05, 0.1) is 13.3 Å². The third-order valence-corrected chi connectivity index (χ3v) is 5.90. The van der Waals surface area contributed by atoms with E-state index in [-0.39, 0.29) is 12.2 Å². The van der Waals surface area contributed by atoms with Crippen molar-refractivity contribution < 1.29 is 14.2 Å². The molecule has 2 aliphatic heterocycles. The van der Waals surface area contributed by atoms with Crippen LogP contribution in [0.4, 0.5) is 0 Å². The van der Waals surface area contributed by atoms with Crippen molar-refractivity contribution >= 4 is 0 Å². The number of ether oxygens (including phenoxy) is 3. The van der Waals surface area contributed by atoms with Crippen LogP contribution in [0.15, 0.2) is 18.3 Å². The van der Waals surface area contributed by atoms with E-state index in [2.05, 4.69) is 27.2 Å². The van der Waals surface area contributed by atoms with Crippen LogP contribution in [0, 0.1) is 0 Å². The quantitative estimate of drug-likeness (QED) is 0.930. The number of H-pyrrole nitrogens is 1. The van der Waals surface area contributed by atoms with Crippen LogP contribution in [-0.4, -0.2) is 42.1 Å². The monoisotopic (exact) mass is 341 g/mol. The molecule has 1 aliphatic carbocycles. The summed E-state index contributed by atoms with van der Waals surface area (Å²) in [5.41, 5.74) is 4.25. The van der Waals surface area contributed by atoms with E-state index in [1.54, 1.807) is 7.11 Å². The van der Waals surface area contributed by atoms with Crippen molar-refractivity contribution in [2.45, 2.75) is 37.6 Å². The standard InChI is InChI=1S/C19H23N3O3/c1-23-15-7-13(8-16-17(15)25-12-24-16)10-22-6-2-4-19(11-22)5-3-14-9-20-21-18(14)19/h7-9H,2-6,10-12H2,1H3,(H,20,21). The maximum atomic E-state index is 5.57. The Hall–Kier alpha value is -2.21. The van der Waals surface area contributed by atoms with Gasteiger partial charge in [0.25, 0.3) is 0 Å². The molecule has 1 aromatic carbocycles. The highest BCUT2D eigenvalue weighted by atomic mass is 16.7. The summed E-state index contributed by atoms with van der Waals surface area (Å²) in [6.45, 7) is 3.38. The highest BCUT2D eigenvalue weighted by Gasteiger charge is 2.43. The summed E-state index contributed by atoms with van der Waals surface area (Å²) in [5, 5.41) is 7.56. The molecule has 2 aromatic rings. The highest BCUT2D eigenvalue weighted by molar-refractivity contribution is 5.55. The Kier molecular flexibility index (Phi) is 3.41. The van der Waals surface area contributed by atoms with Gasteiger partial charge in [-0.25, -0.2) is 0 Å². The fraction of sp³-hybridized carbons (Fsp3) is 0.526. The lowest BCUT2D eigenvalue weighted by atomic mass is 9.77. The number of methoxy groups -OCH3 is 1. The summed E-state index contributed by atoms with van der Waals surface area (Å²) in [5.74, 6) is 2.27. The Labute approximate surface area is 147 Å². The second-order valence-corrected chi connectivity index (χ2v) is 7.40. The molecule has 6 heteroatoms. The number of aromatic nitrogens is 2. The number of aryl methyl sites for hydroxylation is 1. The van der Waals surface area contributed by atoms with Gasteiger partial charge in [-0.05, 0) is 55.5 Å².